The highest BCUT2D eigenvalue weighted by molar-refractivity contribution is 5.12. The van der Waals surface area contributed by atoms with E-state index in [9.17, 15) is 5.11 Å². The molecule has 4 aliphatic carbocycles. The van der Waals surface area contributed by atoms with E-state index in [1.807, 2.05) is 0 Å². The molecule has 0 saturated heterocycles. The summed E-state index contributed by atoms with van der Waals surface area (Å²) in [6.07, 6.45) is 17.8. The van der Waals surface area contributed by atoms with Crippen LogP contribution in [0.1, 0.15) is 99.3 Å². The van der Waals surface area contributed by atoms with Crippen LogP contribution in [0.3, 0.4) is 0 Å². The summed E-state index contributed by atoms with van der Waals surface area (Å²) in [5, 5.41) is 9.94. The molecule has 1 heteroatoms. The summed E-state index contributed by atoms with van der Waals surface area (Å²) in [6.45, 7) is 15.4. The van der Waals surface area contributed by atoms with Gasteiger partial charge in [0.05, 0.1) is 0 Å². The van der Waals surface area contributed by atoms with Crippen LogP contribution in [-0.4, -0.2) is 11.7 Å². The fourth-order valence-electron chi connectivity index (χ4n) is 9.73. The molecule has 0 aromatic carbocycles. The average Bonchev–Trinajstić information content (AvgIpc) is 3.24. The Hall–Kier alpha value is -0.300. The van der Waals surface area contributed by atoms with Crippen molar-refractivity contribution in [1.29, 1.82) is 0 Å². The predicted molar refractivity (Wildman–Crippen MR) is 128 cm³/mol. The lowest BCUT2D eigenvalue weighted by Crippen LogP contribution is -2.51. The van der Waals surface area contributed by atoms with Crippen LogP contribution in [0, 0.1) is 64.1 Å². The number of hydrogen-bond donors (Lipinski definition) is 1. The summed E-state index contributed by atoms with van der Waals surface area (Å²) in [7, 11) is 0. The normalized spacial score (nSPS) is 47.9. The Morgan fingerprint density at radius 2 is 1.50 bits per heavy atom. The van der Waals surface area contributed by atoms with E-state index in [0.717, 1.165) is 47.3 Å². The Kier molecular flexibility index (Phi) is 6.53. The number of hydrogen-bond acceptors (Lipinski definition) is 1. The van der Waals surface area contributed by atoms with Gasteiger partial charge in [-0.3, -0.25) is 0 Å². The molecule has 0 heterocycles. The maximum atomic E-state index is 9.94. The van der Waals surface area contributed by atoms with Gasteiger partial charge in [0.25, 0.3) is 0 Å². The maximum Gasteiger partial charge on any atom is 0.0462 e. The minimum Gasteiger partial charge on any atom is -0.396 e. The third kappa shape index (κ3) is 3.54. The lowest BCUT2D eigenvalue weighted by atomic mass is 9.47. The Labute approximate surface area is 187 Å². The van der Waals surface area contributed by atoms with Crippen LogP contribution in [0.2, 0.25) is 0 Å². The average molecular weight is 415 g/mol. The fraction of sp³-hybridized carbons (Fsp3) is 0.931. The maximum absolute atomic E-state index is 9.94. The largest absolute Gasteiger partial charge is 0.396 e. The molecule has 0 radical (unpaired) electrons. The molecule has 4 saturated carbocycles. The van der Waals surface area contributed by atoms with Gasteiger partial charge < -0.3 is 5.11 Å². The first-order valence-electron chi connectivity index (χ1n) is 13.5. The summed E-state index contributed by atoms with van der Waals surface area (Å²) >= 11 is 0. The molecule has 172 valence electrons. The standard InChI is InChI=1S/C29H50O/c1-7-21(19(2)3)9-8-20(4)24-12-13-26-23-10-11-25-22(18-30)14-16-29(25,6)27(23)15-17-28(24,26)5/h8-9,19-27,30H,7,10-18H2,1-6H3/b9-8+/t20-,21?,22-,23+,24-,25+,26+,27+,28-,29+/m1/s1. The lowest BCUT2D eigenvalue weighted by molar-refractivity contribution is -0.0956. The van der Waals surface area contributed by atoms with Gasteiger partial charge in [-0.2, -0.15) is 0 Å². The summed E-state index contributed by atoms with van der Waals surface area (Å²) in [6, 6.07) is 0. The zero-order valence-electron chi connectivity index (χ0n) is 20.9. The fourth-order valence-corrected chi connectivity index (χ4v) is 9.73. The minimum atomic E-state index is 0.430. The first kappa shape index (κ1) is 22.9. The van der Waals surface area contributed by atoms with Gasteiger partial charge in [0.1, 0.15) is 0 Å². The predicted octanol–water partition coefficient (Wildman–Crippen LogP) is 7.74. The number of rotatable bonds is 6. The molecule has 0 spiro atoms. The summed E-state index contributed by atoms with van der Waals surface area (Å²) in [5.41, 5.74) is 1.08. The van der Waals surface area contributed by atoms with Gasteiger partial charge in [0, 0.05) is 6.61 Å². The van der Waals surface area contributed by atoms with Crippen molar-refractivity contribution in [2.75, 3.05) is 6.61 Å². The number of fused-ring (bicyclic) bond motifs is 5. The Morgan fingerprint density at radius 1 is 0.833 bits per heavy atom. The van der Waals surface area contributed by atoms with Crippen molar-refractivity contribution in [1.82, 2.24) is 0 Å². The zero-order valence-corrected chi connectivity index (χ0v) is 20.9. The monoisotopic (exact) mass is 414 g/mol. The number of allylic oxidation sites excluding steroid dienone is 2. The van der Waals surface area contributed by atoms with E-state index >= 15 is 0 Å². The molecule has 0 aromatic heterocycles. The molecule has 4 fully saturated rings. The van der Waals surface area contributed by atoms with Crippen molar-refractivity contribution >= 4 is 0 Å². The first-order chi connectivity index (χ1) is 14.3. The second-order valence-electron chi connectivity index (χ2n) is 12.8. The van der Waals surface area contributed by atoms with Crippen molar-refractivity contribution in [3.8, 4) is 0 Å². The second-order valence-corrected chi connectivity index (χ2v) is 12.8. The van der Waals surface area contributed by atoms with E-state index in [4.69, 9.17) is 0 Å². The van der Waals surface area contributed by atoms with Crippen molar-refractivity contribution in [2.45, 2.75) is 99.3 Å². The van der Waals surface area contributed by atoms with Gasteiger partial charge in [-0.25, -0.2) is 0 Å². The van der Waals surface area contributed by atoms with Gasteiger partial charge in [0.15, 0.2) is 0 Å². The molecule has 4 rings (SSSR count). The molecule has 10 atom stereocenters. The Bertz CT molecular complexity index is 622. The molecule has 4 aliphatic rings. The molecule has 1 unspecified atom stereocenters. The van der Waals surface area contributed by atoms with Crippen LogP contribution in [0.5, 0.6) is 0 Å². The third-order valence-electron chi connectivity index (χ3n) is 11.5. The van der Waals surface area contributed by atoms with Crippen LogP contribution < -0.4 is 0 Å². The van der Waals surface area contributed by atoms with Crippen LogP contribution in [-0.2, 0) is 0 Å². The molecule has 0 bridgehead atoms. The van der Waals surface area contributed by atoms with Gasteiger partial charge in [0.2, 0.25) is 0 Å². The Balaban J connectivity index is 1.50. The summed E-state index contributed by atoms with van der Waals surface area (Å²) < 4.78 is 0. The highest BCUT2D eigenvalue weighted by Crippen LogP contribution is 2.69. The van der Waals surface area contributed by atoms with E-state index in [1.54, 1.807) is 0 Å². The highest BCUT2D eigenvalue weighted by atomic mass is 16.3. The van der Waals surface area contributed by atoms with E-state index in [2.05, 4.69) is 53.7 Å². The SMILES string of the molecule is CCC(/C=C/[C@@H](C)[C@H]1CC[C@H]2[C@@H]3CC[C@H]4[C@@H](CO)CC[C@]4(C)[C@H]3CC[C@]12C)C(C)C. The van der Waals surface area contributed by atoms with Crippen LogP contribution in [0.15, 0.2) is 12.2 Å². The van der Waals surface area contributed by atoms with Gasteiger partial charge >= 0.3 is 0 Å². The van der Waals surface area contributed by atoms with Crippen LogP contribution in [0.4, 0.5) is 0 Å². The van der Waals surface area contributed by atoms with Gasteiger partial charge in [-0.15, -0.1) is 0 Å². The molecule has 0 aliphatic heterocycles. The first-order valence-corrected chi connectivity index (χ1v) is 13.5. The zero-order chi connectivity index (χ0) is 21.7. The minimum absolute atomic E-state index is 0.430. The van der Waals surface area contributed by atoms with Crippen molar-refractivity contribution < 1.29 is 5.11 Å². The molecule has 1 nitrogen and oxygen atoms in total. The third-order valence-corrected chi connectivity index (χ3v) is 11.5. The second kappa shape index (κ2) is 8.57. The van der Waals surface area contributed by atoms with E-state index < -0.39 is 0 Å². The van der Waals surface area contributed by atoms with E-state index in [0.29, 0.717) is 23.4 Å². The molecule has 1 N–H and O–H groups in total. The quantitative estimate of drug-likeness (QED) is 0.441. The lowest BCUT2D eigenvalue weighted by Gasteiger charge is -2.58. The van der Waals surface area contributed by atoms with Gasteiger partial charge in [-0.1, -0.05) is 53.7 Å². The number of aliphatic hydroxyl groups is 1. The topological polar surface area (TPSA) is 20.2 Å². The van der Waals surface area contributed by atoms with Crippen molar-refractivity contribution in [2.24, 2.45) is 64.1 Å². The van der Waals surface area contributed by atoms with Crippen LogP contribution >= 0.6 is 0 Å². The number of aliphatic hydroxyl groups excluding tert-OH is 1. The van der Waals surface area contributed by atoms with Crippen molar-refractivity contribution in [3.63, 3.8) is 0 Å². The van der Waals surface area contributed by atoms with Gasteiger partial charge in [-0.05, 0) is 122 Å². The van der Waals surface area contributed by atoms with Crippen LogP contribution in [0.25, 0.3) is 0 Å². The smallest absolute Gasteiger partial charge is 0.0462 e. The molecule has 30 heavy (non-hydrogen) atoms. The summed E-state index contributed by atoms with van der Waals surface area (Å²) in [5.74, 6) is 7.34. The Morgan fingerprint density at radius 3 is 2.17 bits per heavy atom. The summed E-state index contributed by atoms with van der Waals surface area (Å²) in [4.78, 5) is 0. The van der Waals surface area contributed by atoms with Crippen molar-refractivity contribution in [3.05, 3.63) is 12.2 Å². The van der Waals surface area contributed by atoms with E-state index in [1.165, 1.54) is 57.8 Å². The molecular formula is C29H50O. The molecular weight excluding hydrogens is 364 g/mol. The van der Waals surface area contributed by atoms with E-state index in [-0.39, 0.29) is 0 Å². The highest BCUT2D eigenvalue weighted by Gasteiger charge is 2.61. The molecule has 0 aromatic rings. The molecule has 0 amide bonds.